The van der Waals surface area contributed by atoms with Crippen molar-refractivity contribution < 1.29 is 18.5 Å². The summed E-state index contributed by atoms with van der Waals surface area (Å²) in [5.41, 5.74) is 4.58. The predicted molar refractivity (Wildman–Crippen MR) is 141 cm³/mol. The Morgan fingerprint density at radius 2 is 1.66 bits per heavy atom. The van der Waals surface area contributed by atoms with E-state index in [0.29, 0.717) is 26.1 Å². The van der Waals surface area contributed by atoms with E-state index in [9.17, 15) is 9.00 Å². The Kier molecular flexibility index (Phi) is 9.71. The Balaban J connectivity index is 1.46. The first kappa shape index (κ1) is 27.2. The zero-order chi connectivity index (χ0) is 25.5. The van der Waals surface area contributed by atoms with E-state index in [1.165, 1.54) is 11.1 Å². The van der Waals surface area contributed by atoms with Gasteiger partial charge in [0.1, 0.15) is 29.1 Å². The number of hydrogen-bond donors (Lipinski definition) is 0. The van der Waals surface area contributed by atoms with Gasteiger partial charge in [-0.15, -0.1) is 0 Å². The first-order valence-electron chi connectivity index (χ1n) is 12.1. The maximum absolute atomic E-state index is 13.1. The lowest BCUT2D eigenvalue weighted by atomic mass is 10.0. The highest BCUT2D eigenvalue weighted by atomic mass is 32.2. The van der Waals surface area contributed by atoms with Gasteiger partial charge in [-0.25, -0.2) is 8.51 Å². The molecule has 1 atom stereocenters. The molecule has 35 heavy (non-hydrogen) atoms. The van der Waals surface area contributed by atoms with E-state index in [2.05, 4.69) is 24.1 Å². The Hall–Kier alpha value is -2.42. The first-order chi connectivity index (χ1) is 16.7. The van der Waals surface area contributed by atoms with Gasteiger partial charge in [0.25, 0.3) is 0 Å². The number of hydrogen-bond acceptors (Lipinski definition) is 5. The van der Waals surface area contributed by atoms with Crippen LogP contribution in [0.4, 0.5) is 0 Å². The molecule has 1 aliphatic heterocycles. The molecule has 0 aromatic heterocycles. The highest BCUT2D eigenvalue weighted by molar-refractivity contribution is 7.82. The number of benzene rings is 2. The van der Waals surface area contributed by atoms with Crippen LogP contribution in [0.3, 0.4) is 0 Å². The molecule has 8 heteroatoms. The van der Waals surface area contributed by atoms with Gasteiger partial charge in [0.05, 0.1) is 18.6 Å². The normalized spacial score (nSPS) is 14.8. The van der Waals surface area contributed by atoms with Crippen LogP contribution in [0.5, 0.6) is 11.5 Å². The molecule has 0 spiro atoms. The van der Waals surface area contributed by atoms with Gasteiger partial charge in [-0.2, -0.15) is 0 Å². The largest absolute Gasteiger partial charge is 0.497 e. The van der Waals surface area contributed by atoms with Crippen LogP contribution in [0.2, 0.25) is 0 Å². The van der Waals surface area contributed by atoms with Crippen molar-refractivity contribution in [2.45, 2.75) is 38.0 Å². The van der Waals surface area contributed by atoms with Crippen LogP contribution in [-0.4, -0.2) is 85.3 Å². The van der Waals surface area contributed by atoms with Gasteiger partial charge in [-0.1, -0.05) is 6.07 Å². The van der Waals surface area contributed by atoms with Crippen LogP contribution < -0.4 is 9.47 Å². The molecule has 1 heterocycles. The summed E-state index contributed by atoms with van der Waals surface area (Å²) in [6.45, 7) is 7.35. The molecule has 0 saturated heterocycles. The van der Waals surface area contributed by atoms with Gasteiger partial charge in [0.15, 0.2) is 0 Å². The summed E-state index contributed by atoms with van der Waals surface area (Å²) in [6.07, 6.45) is 2.39. The molecule has 1 unspecified atom stereocenters. The molecule has 0 N–H and O–H groups in total. The maximum atomic E-state index is 13.1. The molecule has 192 valence electrons. The summed E-state index contributed by atoms with van der Waals surface area (Å²) in [4.78, 5) is 17.5. The molecular formula is C27H39N3O4S. The number of rotatable bonds is 10. The number of ether oxygens (including phenoxy) is 2. The molecule has 0 aliphatic carbocycles. The highest BCUT2D eigenvalue weighted by Gasteiger charge is 2.19. The average Bonchev–Trinajstić information content (AvgIpc) is 3.02. The van der Waals surface area contributed by atoms with E-state index in [1.807, 2.05) is 32.0 Å². The van der Waals surface area contributed by atoms with E-state index in [4.69, 9.17) is 9.47 Å². The van der Waals surface area contributed by atoms with Gasteiger partial charge in [0, 0.05) is 40.2 Å². The number of likely N-dealkylation sites (N-methyl/N-ethyl adjacent to an activating group) is 2. The van der Waals surface area contributed by atoms with Gasteiger partial charge in [0.2, 0.25) is 5.91 Å². The molecule has 0 fully saturated rings. The lowest BCUT2D eigenvalue weighted by Crippen LogP contribution is -2.34. The number of nitrogens with zero attached hydrogens (tertiary/aromatic N) is 3. The topological polar surface area (TPSA) is 62.3 Å². The number of aryl methyl sites for hydroxylation is 2. The molecule has 7 nitrogen and oxygen atoms in total. The summed E-state index contributed by atoms with van der Waals surface area (Å²) < 4.78 is 26.1. The number of fused-ring (bicyclic) bond motifs is 1. The summed E-state index contributed by atoms with van der Waals surface area (Å²) in [5.74, 6) is 1.61. The van der Waals surface area contributed by atoms with E-state index in [1.54, 1.807) is 30.4 Å². The Morgan fingerprint density at radius 3 is 2.31 bits per heavy atom. The number of methoxy groups -OCH3 is 1. The third-order valence-electron chi connectivity index (χ3n) is 6.59. The Labute approximate surface area is 212 Å². The van der Waals surface area contributed by atoms with Crippen LogP contribution in [0, 0.1) is 13.8 Å². The molecule has 1 aliphatic rings. The molecule has 0 saturated carbocycles. The molecule has 0 radical (unpaired) electrons. The molecule has 1 amide bonds. The van der Waals surface area contributed by atoms with Gasteiger partial charge >= 0.3 is 0 Å². The summed E-state index contributed by atoms with van der Waals surface area (Å²) in [5, 5.41) is 0. The van der Waals surface area contributed by atoms with Crippen LogP contribution in [-0.2, 0) is 28.6 Å². The standard InChI is InChI=1S/C27H39N3O4S/c1-20-17-25(33-6)18-21(2)27(20)35(32)30(5)14-11-26(31)29(4)15-16-34-24-8-7-22-9-12-28(3)13-10-23(22)19-24/h7-8,17-19H,9-16H2,1-6H3. The fraction of sp³-hybridized carbons (Fsp3) is 0.519. The van der Waals surface area contributed by atoms with Crippen molar-refractivity contribution in [3.8, 4) is 11.5 Å². The molecule has 2 aromatic rings. The van der Waals surface area contributed by atoms with E-state index < -0.39 is 11.0 Å². The second-order valence-electron chi connectivity index (χ2n) is 9.34. The zero-order valence-electron chi connectivity index (χ0n) is 21.9. The SMILES string of the molecule is COc1cc(C)c(S(=O)N(C)CCC(=O)N(C)CCOc2ccc3c(c2)CCN(C)CC3)c(C)c1. The number of carbonyl (C=O) groups excluding carboxylic acids is 1. The highest BCUT2D eigenvalue weighted by Crippen LogP contribution is 2.26. The quantitative estimate of drug-likeness (QED) is 0.500. The minimum atomic E-state index is -1.35. The van der Waals surface area contributed by atoms with Crippen LogP contribution in [0.25, 0.3) is 0 Å². The van der Waals surface area contributed by atoms with Crippen LogP contribution >= 0.6 is 0 Å². The molecule has 3 rings (SSSR count). The minimum absolute atomic E-state index is 0.00518. The van der Waals surface area contributed by atoms with Gasteiger partial charge in [-0.3, -0.25) is 4.79 Å². The Morgan fingerprint density at radius 1 is 1.00 bits per heavy atom. The fourth-order valence-corrected chi connectivity index (χ4v) is 5.55. The minimum Gasteiger partial charge on any atom is -0.497 e. The van der Waals surface area contributed by atoms with Crippen molar-refractivity contribution in [3.05, 3.63) is 52.6 Å². The third kappa shape index (κ3) is 7.29. The van der Waals surface area contributed by atoms with E-state index >= 15 is 0 Å². The van der Waals surface area contributed by atoms with Crippen LogP contribution in [0.15, 0.2) is 35.2 Å². The van der Waals surface area contributed by atoms with Crippen LogP contribution in [0.1, 0.15) is 28.7 Å². The second kappa shape index (κ2) is 12.5. The predicted octanol–water partition coefficient (Wildman–Crippen LogP) is 3.22. The van der Waals surface area contributed by atoms with Crippen molar-refractivity contribution in [2.75, 3.05) is 61.0 Å². The van der Waals surface area contributed by atoms with E-state index in [-0.39, 0.29) is 5.91 Å². The first-order valence-corrected chi connectivity index (χ1v) is 13.3. The van der Waals surface area contributed by atoms with Crippen molar-refractivity contribution in [1.82, 2.24) is 14.1 Å². The number of amides is 1. The average molecular weight is 502 g/mol. The lowest BCUT2D eigenvalue weighted by molar-refractivity contribution is -0.130. The van der Waals surface area contributed by atoms with Gasteiger partial charge in [-0.05, 0) is 80.3 Å². The summed E-state index contributed by atoms with van der Waals surface area (Å²) >= 11 is 0. The molecule has 0 bridgehead atoms. The van der Waals surface area contributed by atoms with Crippen molar-refractivity contribution in [2.24, 2.45) is 0 Å². The third-order valence-corrected chi connectivity index (χ3v) is 8.33. The van der Waals surface area contributed by atoms with Crippen molar-refractivity contribution >= 4 is 16.9 Å². The Bertz CT molecular complexity index is 1040. The monoisotopic (exact) mass is 501 g/mol. The van der Waals surface area contributed by atoms with Crippen molar-refractivity contribution in [1.29, 1.82) is 0 Å². The van der Waals surface area contributed by atoms with E-state index in [0.717, 1.165) is 53.5 Å². The number of carbonyl (C=O) groups is 1. The molecular weight excluding hydrogens is 462 g/mol. The second-order valence-corrected chi connectivity index (χ2v) is 10.9. The molecule has 2 aromatic carbocycles. The lowest BCUT2D eigenvalue weighted by Gasteiger charge is -2.21. The van der Waals surface area contributed by atoms with Crippen molar-refractivity contribution in [3.63, 3.8) is 0 Å². The summed E-state index contributed by atoms with van der Waals surface area (Å²) in [7, 11) is 6.00. The van der Waals surface area contributed by atoms with Gasteiger partial charge < -0.3 is 19.3 Å². The zero-order valence-corrected chi connectivity index (χ0v) is 22.7. The maximum Gasteiger partial charge on any atom is 0.223 e. The smallest absolute Gasteiger partial charge is 0.223 e. The fourth-order valence-electron chi connectivity index (χ4n) is 4.31. The summed E-state index contributed by atoms with van der Waals surface area (Å²) in [6, 6.07) is 10.1.